The smallest absolute Gasteiger partial charge is 0.322 e. The fourth-order valence-corrected chi connectivity index (χ4v) is 1.24. The van der Waals surface area contributed by atoms with E-state index in [1.54, 1.807) is 19.1 Å². The molecule has 0 aliphatic rings. The summed E-state index contributed by atoms with van der Waals surface area (Å²) in [4.78, 5) is 15.3. The number of rotatable bonds is 4. The topological polar surface area (TPSA) is 71.5 Å². The standard InChI is InChI=1S/C11H16N2O3/c1-7-4-5-10(14)9(13-7)6-12-8(2)11(15)16-3/h4-5,8,12,14H,6H2,1-3H3. The van der Waals surface area contributed by atoms with Crippen LogP contribution in [0, 0.1) is 6.92 Å². The molecule has 1 unspecified atom stereocenters. The quantitative estimate of drug-likeness (QED) is 0.738. The molecule has 0 spiro atoms. The van der Waals surface area contributed by atoms with Crippen molar-refractivity contribution >= 4 is 5.97 Å². The molecule has 1 rings (SSSR count). The van der Waals surface area contributed by atoms with Gasteiger partial charge in [-0.15, -0.1) is 0 Å². The highest BCUT2D eigenvalue weighted by Gasteiger charge is 2.13. The molecule has 0 saturated heterocycles. The minimum absolute atomic E-state index is 0.121. The van der Waals surface area contributed by atoms with E-state index in [9.17, 15) is 9.90 Å². The monoisotopic (exact) mass is 224 g/mol. The number of aryl methyl sites for hydroxylation is 1. The van der Waals surface area contributed by atoms with Crippen molar-refractivity contribution < 1.29 is 14.6 Å². The van der Waals surface area contributed by atoms with Crippen LogP contribution in [-0.2, 0) is 16.1 Å². The van der Waals surface area contributed by atoms with Gasteiger partial charge in [-0.1, -0.05) is 0 Å². The zero-order chi connectivity index (χ0) is 12.1. The summed E-state index contributed by atoms with van der Waals surface area (Å²) in [7, 11) is 1.34. The molecule has 0 bridgehead atoms. The van der Waals surface area contributed by atoms with Crippen LogP contribution in [0.4, 0.5) is 0 Å². The molecule has 1 aromatic heterocycles. The van der Waals surface area contributed by atoms with E-state index in [0.29, 0.717) is 12.2 Å². The van der Waals surface area contributed by atoms with Crippen molar-refractivity contribution in [3.8, 4) is 5.75 Å². The lowest BCUT2D eigenvalue weighted by Gasteiger charge is -2.11. The van der Waals surface area contributed by atoms with Gasteiger partial charge in [0.05, 0.1) is 12.8 Å². The number of nitrogens with zero attached hydrogens (tertiary/aromatic N) is 1. The first-order valence-corrected chi connectivity index (χ1v) is 5.01. The maximum absolute atomic E-state index is 11.1. The number of aromatic nitrogens is 1. The largest absolute Gasteiger partial charge is 0.506 e. The Kier molecular flexibility index (Phi) is 4.25. The molecule has 88 valence electrons. The highest BCUT2D eigenvalue weighted by atomic mass is 16.5. The van der Waals surface area contributed by atoms with Gasteiger partial charge >= 0.3 is 5.97 Å². The van der Waals surface area contributed by atoms with E-state index in [1.165, 1.54) is 7.11 Å². The Labute approximate surface area is 94.5 Å². The maximum atomic E-state index is 11.1. The zero-order valence-electron chi connectivity index (χ0n) is 9.65. The van der Waals surface area contributed by atoms with E-state index >= 15 is 0 Å². The van der Waals surface area contributed by atoms with E-state index in [1.807, 2.05) is 6.92 Å². The molecule has 0 amide bonds. The van der Waals surface area contributed by atoms with Gasteiger partial charge in [0, 0.05) is 12.2 Å². The summed E-state index contributed by atoms with van der Waals surface area (Å²) < 4.78 is 4.57. The number of hydrogen-bond donors (Lipinski definition) is 2. The first kappa shape index (κ1) is 12.4. The van der Waals surface area contributed by atoms with Gasteiger partial charge in [0.25, 0.3) is 0 Å². The molecule has 1 aromatic rings. The van der Waals surface area contributed by atoms with Crippen LogP contribution in [-0.4, -0.2) is 29.2 Å². The zero-order valence-corrected chi connectivity index (χ0v) is 9.65. The van der Waals surface area contributed by atoms with Crippen LogP contribution in [0.5, 0.6) is 5.75 Å². The fraction of sp³-hybridized carbons (Fsp3) is 0.455. The normalized spacial score (nSPS) is 12.2. The molecule has 2 N–H and O–H groups in total. The number of esters is 1. The van der Waals surface area contributed by atoms with Crippen molar-refractivity contribution in [1.82, 2.24) is 10.3 Å². The van der Waals surface area contributed by atoms with Crippen molar-refractivity contribution in [2.75, 3.05) is 7.11 Å². The Bertz CT molecular complexity index is 379. The molecule has 1 heterocycles. The van der Waals surface area contributed by atoms with Crippen molar-refractivity contribution in [3.05, 3.63) is 23.5 Å². The minimum Gasteiger partial charge on any atom is -0.506 e. The van der Waals surface area contributed by atoms with Crippen molar-refractivity contribution in [3.63, 3.8) is 0 Å². The molecule has 5 heteroatoms. The number of ether oxygens (including phenoxy) is 1. The number of aromatic hydroxyl groups is 1. The molecule has 0 saturated carbocycles. The van der Waals surface area contributed by atoms with Crippen LogP contribution >= 0.6 is 0 Å². The summed E-state index contributed by atoms with van der Waals surface area (Å²) in [5.74, 6) is -0.220. The molecular formula is C11H16N2O3. The third-order valence-corrected chi connectivity index (χ3v) is 2.22. The molecule has 0 aliphatic carbocycles. The SMILES string of the molecule is COC(=O)C(C)NCc1nc(C)ccc1O. The summed E-state index contributed by atoms with van der Waals surface area (Å²) in [6, 6.07) is 2.89. The number of pyridine rings is 1. The van der Waals surface area contributed by atoms with E-state index in [0.717, 1.165) is 5.69 Å². The Hall–Kier alpha value is -1.62. The van der Waals surface area contributed by atoms with Crippen LogP contribution in [0.1, 0.15) is 18.3 Å². The summed E-state index contributed by atoms with van der Waals surface area (Å²) in [5.41, 5.74) is 1.34. The third kappa shape index (κ3) is 3.20. The van der Waals surface area contributed by atoms with E-state index in [-0.39, 0.29) is 11.7 Å². The van der Waals surface area contributed by atoms with E-state index in [4.69, 9.17) is 0 Å². The summed E-state index contributed by atoms with van der Waals surface area (Å²) in [5, 5.41) is 12.4. The lowest BCUT2D eigenvalue weighted by atomic mass is 10.2. The maximum Gasteiger partial charge on any atom is 0.322 e. The Balaban J connectivity index is 2.60. The Morgan fingerprint density at radius 2 is 2.31 bits per heavy atom. The lowest BCUT2D eigenvalue weighted by molar-refractivity contribution is -0.142. The van der Waals surface area contributed by atoms with Crippen LogP contribution in [0.15, 0.2) is 12.1 Å². The molecule has 0 fully saturated rings. The fourth-order valence-electron chi connectivity index (χ4n) is 1.24. The number of nitrogens with one attached hydrogen (secondary N) is 1. The van der Waals surface area contributed by atoms with Gasteiger partial charge in [-0.25, -0.2) is 0 Å². The van der Waals surface area contributed by atoms with E-state index in [2.05, 4.69) is 15.0 Å². The first-order chi connectivity index (χ1) is 7.54. The number of carbonyl (C=O) groups is 1. The lowest BCUT2D eigenvalue weighted by Crippen LogP contribution is -2.34. The number of hydrogen-bond acceptors (Lipinski definition) is 5. The second-order valence-corrected chi connectivity index (χ2v) is 3.54. The van der Waals surface area contributed by atoms with Gasteiger partial charge in [-0.2, -0.15) is 0 Å². The van der Waals surface area contributed by atoms with E-state index < -0.39 is 6.04 Å². The first-order valence-electron chi connectivity index (χ1n) is 5.01. The van der Waals surface area contributed by atoms with Gasteiger partial charge in [-0.05, 0) is 26.0 Å². The van der Waals surface area contributed by atoms with Gasteiger partial charge in [0.1, 0.15) is 11.8 Å². The van der Waals surface area contributed by atoms with Crippen LogP contribution in [0.3, 0.4) is 0 Å². The second-order valence-electron chi connectivity index (χ2n) is 3.54. The second kappa shape index (κ2) is 5.46. The number of carbonyl (C=O) groups excluding carboxylic acids is 1. The summed E-state index contributed by atoms with van der Waals surface area (Å²) >= 11 is 0. The molecular weight excluding hydrogens is 208 g/mol. The molecule has 0 aromatic carbocycles. The molecule has 1 atom stereocenters. The van der Waals surface area contributed by atoms with Crippen LogP contribution in [0.2, 0.25) is 0 Å². The Morgan fingerprint density at radius 3 is 2.94 bits per heavy atom. The third-order valence-electron chi connectivity index (χ3n) is 2.22. The average Bonchev–Trinajstić information content (AvgIpc) is 2.28. The highest BCUT2D eigenvalue weighted by molar-refractivity contribution is 5.75. The van der Waals surface area contributed by atoms with Gasteiger partial charge in [-0.3, -0.25) is 15.1 Å². The van der Waals surface area contributed by atoms with Gasteiger partial charge in [0.2, 0.25) is 0 Å². The molecule has 0 radical (unpaired) electrons. The summed E-state index contributed by atoms with van der Waals surface area (Å²) in [6.45, 7) is 3.86. The van der Waals surface area contributed by atoms with Gasteiger partial charge in [0.15, 0.2) is 0 Å². The van der Waals surface area contributed by atoms with Crippen LogP contribution in [0.25, 0.3) is 0 Å². The van der Waals surface area contributed by atoms with Crippen LogP contribution < -0.4 is 5.32 Å². The molecule has 5 nitrogen and oxygen atoms in total. The van der Waals surface area contributed by atoms with Crippen molar-refractivity contribution in [2.45, 2.75) is 26.4 Å². The predicted molar refractivity (Wildman–Crippen MR) is 59.0 cm³/mol. The minimum atomic E-state index is -0.424. The van der Waals surface area contributed by atoms with Crippen molar-refractivity contribution in [2.24, 2.45) is 0 Å². The van der Waals surface area contributed by atoms with Gasteiger partial charge < -0.3 is 9.84 Å². The average molecular weight is 224 g/mol. The molecule has 0 aliphatic heterocycles. The predicted octanol–water partition coefficient (Wildman–Crippen LogP) is 0.747. The summed E-state index contributed by atoms with van der Waals surface area (Å²) in [6.07, 6.45) is 0. The Morgan fingerprint density at radius 1 is 1.62 bits per heavy atom. The number of methoxy groups -OCH3 is 1. The molecule has 16 heavy (non-hydrogen) atoms. The highest BCUT2D eigenvalue weighted by Crippen LogP contribution is 2.14. The van der Waals surface area contributed by atoms with Crippen molar-refractivity contribution in [1.29, 1.82) is 0 Å².